The van der Waals surface area contributed by atoms with Crippen LogP contribution in [0.5, 0.6) is 5.75 Å². The molecule has 8 heteroatoms. The number of halogens is 2. The number of hydrogen-bond donors (Lipinski definition) is 2. The van der Waals surface area contributed by atoms with Crippen LogP contribution in [0.4, 0.5) is 5.82 Å². The molecular weight excluding hydrogens is 481 g/mol. The van der Waals surface area contributed by atoms with Crippen LogP contribution < -0.4 is 15.4 Å². The predicted molar refractivity (Wildman–Crippen MR) is 101 cm³/mol. The quantitative estimate of drug-likeness (QED) is 0.507. The molecule has 0 saturated heterocycles. The molecule has 2 aromatic rings. The molecule has 0 bridgehead atoms. The van der Waals surface area contributed by atoms with E-state index < -0.39 is 0 Å². The molecule has 5 nitrogen and oxygen atoms in total. The van der Waals surface area contributed by atoms with Gasteiger partial charge in [-0.15, -0.1) is 0 Å². The summed E-state index contributed by atoms with van der Waals surface area (Å²) < 4.78 is 7.31. The number of amides is 1. The largest absolute Gasteiger partial charge is 0.484 e. The van der Waals surface area contributed by atoms with E-state index in [0.29, 0.717) is 11.6 Å². The van der Waals surface area contributed by atoms with E-state index in [-0.39, 0.29) is 17.6 Å². The lowest BCUT2D eigenvalue weighted by Crippen LogP contribution is -2.37. The van der Waals surface area contributed by atoms with Gasteiger partial charge in [0.2, 0.25) is 0 Å². The maximum atomic E-state index is 11.7. The summed E-state index contributed by atoms with van der Waals surface area (Å²) in [6, 6.07) is 10.9. The normalized spacial score (nSPS) is 9.91. The maximum Gasteiger partial charge on any atom is 0.264 e. The Hall–Kier alpha value is -1.26. The highest BCUT2D eigenvalue weighted by Crippen LogP contribution is 2.15. The Morgan fingerprint density at radius 1 is 1.27 bits per heavy atom. The molecule has 1 amide bonds. The van der Waals surface area contributed by atoms with E-state index in [4.69, 9.17) is 17.0 Å². The second-order valence-corrected chi connectivity index (χ2v) is 6.68. The molecule has 0 fully saturated rings. The third-order valence-electron chi connectivity index (χ3n) is 2.41. The second kappa shape index (κ2) is 8.39. The summed E-state index contributed by atoms with van der Waals surface area (Å²) in [6.45, 7) is -0.121. The van der Waals surface area contributed by atoms with Crippen molar-refractivity contribution in [3.63, 3.8) is 0 Å². The van der Waals surface area contributed by atoms with Crippen molar-refractivity contribution in [1.82, 2.24) is 10.3 Å². The average molecular weight is 492 g/mol. The van der Waals surface area contributed by atoms with Crippen molar-refractivity contribution in [2.24, 2.45) is 0 Å². The summed E-state index contributed by atoms with van der Waals surface area (Å²) in [5.41, 5.74) is 0. The van der Waals surface area contributed by atoms with Crippen LogP contribution in [0.1, 0.15) is 0 Å². The summed E-state index contributed by atoms with van der Waals surface area (Å²) in [7, 11) is 0. The lowest BCUT2D eigenvalue weighted by molar-refractivity contribution is -0.121. The molecule has 0 atom stereocenters. The summed E-state index contributed by atoms with van der Waals surface area (Å²) in [6.07, 6.45) is 1.70. The van der Waals surface area contributed by atoms with E-state index in [1.165, 1.54) is 0 Å². The Balaban J connectivity index is 1.77. The van der Waals surface area contributed by atoms with Gasteiger partial charge in [-0.05, 0) is 71.2 Å². The van der Waals surface area contributed by atoms with Gasteiger partial charge >= 0.3 is 0 Å². The van der Waals surface area contributed by atoms with Crippen molar-refractivity contribution >= 4 is 67.6 Å². The highest BCUT2D eigenvalue weighted by molar-refractivity contribution is 14.1. The number of benzene rings is 1. The number of rotatable bonds is 4. The number of pyridine rings is 1. The van der Waals surface area contributed by atoms with Crippen LogP contribution in [0.25, 0.3) is 0 Å². The molecule has 2 rings (SSSR count). The third kappa shape index (κ3) is 5.85. The van der Waals surface area contributed by atoms with E-state index >= 15 is 0 Å². The fourth-order valence-corrected chi connectivity index (χ4v) is 2.24. The van der Waals surface area contributed by atoms with Crippen LogP contribution in [-0.2, 0) is 4.79 Å². The molecule has 2 N–H and O–H groups in total. The highest BCUT2D eigenvalue weighted by Gasteiger charge is 2.06. The molecule has 0 aliphatic carbocycles. The fourth-order valence-electron chi connectivity index (χ4n) is 1.44. The lowest BCUT2D eigenvalue weighted by atomic mass is 10.3. The number of anilines is 1. The van der Waals surface area contributed by atoms with Crippen molar-refractivity contribution in [3.8, 4) is 5.75 Å². The molecule has 1 aromatic heterocycles. The average Bonchev–Trinajstić information content (AvgIpc) is 2.49. The van der Waals surface area contributed by atoms with Gasteiger partial charge in [0, 0.05) is 14.2 Å². The van der Waals surface area contributed by atoms with Crippen molar-refractivity contribution in [1.29, 1.82) is 0 Å². The van der Waals surface area contributed by atoms with Crippen LogP contribution >= 0.6 is 50.7 Å². The number of hydrogen-bond acceptors (Lipinski definition) is 4. The van der Waals surface area contributed by atoms with E-state index in [9.17, 15) is 4.79 Å². The summed E-state index contributed by atoms with van der Waals surface area (Å²) in [5, 5.41) is 5.54. The molecule has 0 unspecified atom stereocenters. The van der Waals surface area contributed by atoms with E-state index in [1.54, 1.807) is 24.4 Å². The molecule has 0 aliphatic rings. The van der Waals surface area contributed by atoms with Gasteiger partial charge in [-0.25, -0.2) is 4.98 Å². The van der Waals surface area contributed by atoms with Gasteiger partial charge in [0.05, 0.1) is 0 Å². The Kier molecular flexibility index (Phi) is 6.52. The van der Waals surface area contributed by atoms with Crippen LogP contribution in [0.15, 0.2) is 47.1 Å². The van der Waals surface area contributed by atoms with Gasteiger partial charge in [-0.3, -0.25) is 10.1 Å². The molecule has 114 valence electrons. The lowest BCUT2D eigenvalue weighted by Gasteiger charge is -2.10. The number of aromatic nitrogens is 1. The van der Waals surface area contributed by atoms with E-state index in [1.807, 2.05) is 18.2 Å². The summed E-state index contributed by atoms with van der Waals surface area (Å²) in [4.78, 5) is 15.9. The minimum absolute atomic E-state index is 0.121. The van der Waals surface area contributed by atoms with Crippen LogP contribution in [0.2, 0.25) is 0 Å². The van der Waals surface area contributed by atoms with Crippen molar-refractivity contribution in [2.45, 2.75) is 0 Å². The number of thiocarbonyl (C=S) groups is 1. The molecular formula is C14H11BrIN3O2S. The topological polar surface area (TPSA) is 63.2 Å². The van der Waals surface area contributed by atoms with Crippen LogP contribution in [0, 0.1) is 3.57 Å². The zero-order valence-corrected chi connectivity index (χ0v) is 15.7. The van der Waals surface area contributed by atoms with Crippen molar-refractivity contribution in [3.05, 3.63) is 50.6 Å². The zero-order valence-electron chi connectivity index (χ0n) is 11.2. The molecule has 1 aromatic carbocycles. The minimum Gasteiger partial charge on any atom is -0.484 e. The first-order chi connectivity index (χ1) is 10.5. The minimum atomic E-state index is -0.342. The monoisotopic (exact) mass is 491 g/mol. The van der Waals surface area contributed by atoms with Crippen LogP contribution in [-0.4, -0.2) is 22.6 Å². The molecule has 0 radical (unpaired) electrons. The first-order valence-electron chi connectivity index (χ1n) is 6.14. The smallest absolute Gasteiger partial charge is 0.264 e. The number of carbonyl (C=O) groups is 1. The molecule has 0 saturated carbocycles. The van der Waals surface area contributed by atoms with Gasteiger partial charge in [0.25, 0.3) is 5.91 Å². The van der Waals surface area contributed by atoms with E-state index in [2.05, 4.69) is 54.1 Å². The fraction of sp³-hybridized carbons (Fsp3) is 0.0714. The Bertz CT molecular complexity index is 665. The summed E-state index contributed by atoms with van der Waals surface area (Å²) in [5.74, 6) is 0.835. The molecule has 1 heterocycles. The third-order valence-corrected chi connectivity index (χ3v) is 3.78. The van der Waals surface area contributed by atoms with Crippen LogP contribution in [0.3, 0.4) is 0 Å². The van der Waals surface area contributed by atoms with E-state index in [0.717, 1.165) is 8.04 Å². The number of nitrogens with zero attached hydrogens (tertiary/aromatic N) is 1. The molecule has 22 heavy (non-hydrogen) atoms. The number of ether oxygens (including phenoxy) is 1. The Labute approximate surface area is 155 Å². The number of nitrogens with one attached hydrogen (secondary N) is 2. The first-order valence-corrected chi connectivity index (χ1v) is 8.42. The van der Waals surface area contributed by atoms with Gasteiger partial charge in [0.15, 0.2) is 11.7 Å². The van der Waals surface area contributed by atoms with Crippen molar-refractivity contribution in [2.75, 3.05) is 11.9 Å². The Morgan fingerprint density at radius 2 is 2.00 bits per heavy atom. The SMILES string of the molecule is O=C(COc1ccc(Br)cc1)NC(=S)Nc1ccc(I)cn1. The molecule has 0 spiro atoms. The standard InChI is InChI=1S/C14H11BrIN3O2S/c15-9-1-4-11(5-2-9)21-8-13(20)19-14(22)18-12-6-3-10(16)7-17-12/h1-7H,8H2,(H2,17,18,19,20,22). The number of carbonyl (C=O) groups excluding carboxylic acids is 1. The van der Waals surface area contributed by atoms with Gasteiger partial charge in [-0.2, -0.15) is 0 Å². The maximum absolute atomic E-state index is 11.7. The van der Waals surface area contributed by atoms with Gasteiger partial charge < -0.3 is 10.1 Å². The summed E-state index contributed by atoms with van der Waals surface area (Å²) >= 11 is 10.5. The first kappa shape index (κ1) is 17.1. The second-order valence-electron chi connectivity index (χ2n) is 4.11. The zero-order chi connectivity index (χ0) is 15.9. The Morgan fingerprint density at radius 3 is 2.64 bits per heavy atom. The van der Waals surface area contributed by atoms with Gasteiger partial charge in [0.1, 0.15) is 11.6 Å². The predicted octanol–water partition coefficient (Wildman–Crippen LogP) is 3.34. The van der Waals surface area contributed by atoms with Crippen molar-refractivity contribution < 1.29 is 9.53 Å². The van der Waals surface area contributed by atoms with Gasteiger partial charge in [-0.1, -0.05) is 15.9 Å². The highest BCUT2D eigenvalue weighted by atomic mass is 127. The molecule has 0 aliphatic heterocycles.